The Labute approximate surface area is 195 Å². The van der Waals surface area contributed by atoms with Gasteiger partial charge in [-0.2, -0.15) is 0 Å². The Balaban J connectivity index is 2.01. The molecule has 2 aromatic rings. The molecule has 1 aliphatic carbocycles. The number of aromatic nitrogens is 2. The third-order valence-corrected chi connectivity index (χ3v) is 5.82. The van der Waals surface area contributed by atoms with Crippen LogP contribution in [0.25, 0.3) is 11.1 Å². The van der Waals surface area contributed by atoms with Crippen molar-refractivity contribution in [1.29, 1.82) is 5.41 Å². The number of nitrogens with two attached hydrogens (primary N) is 1. The summed E-state index contributed by atoms with van der Waals surface area (Å²) in [5.41, 5.74) is 7.76. The molecule has 1 aromatic carbocycles. The Bertz CT molecular complexity index is 990. The maximum atomic E-state index is 14.5. The van der Waals surface area contributed by atoms with Gasteiger partial charge in [0.05, 0.1) is 24.7 Å². The van der Waals surface area contributed by atoms with Gasteiger partial charge in [-0.1, -0.05) is 12.1 Å². The zero-order chi connectivity index (χ0) is 24.3. The number of halogens is 1. The summed E-state index contributed by atoms with van der Waals surface area (Å²) in [4.78, 5) is 23.0. The van der Waals surface area contributed by atoms with Crippen molar-refractivity contribution in [3.63, 3.8) is 0 Å². The van der Waals surface area contributed by atoms with Crippen LogP contribution < -0.4 is 5.73 Å². The van der Waals surface area contributed by atoms with Gasteiger partial charge >= 0.3 is 0 Å². The molecule has 0 aliphatic heterocycles. The monoisotopic (exact) mass is 455 g/mol. The van der Waals surface area contributed by atoms with Crippen molar-refractivity contribution in [2.45, 2.75) is 71.3 Å². The van der Waals surface area contributed by atoms with E-state index in [2.05, 4.69) is 9.97 Å². The summed E-state index contributed by atoms with van der Waals surface area (Å²) in [6, 6.07) is 6.02. The highest BCUT2D eigenvalue weighted by atomic mass is 19.1. The Kier molecular flexibility index (Phi) is 7.47. The molecule has 1 aliphatic rings. The molecule has 0 fully saturated rings. The number of carbonyl (C=O) groups excluding carboxylic acids is 1. The summed E-state index contributed by atoms with van der Waals surface area (Å²) in [6.45, 7) is 8.45. The molecule has 1 heterocycles. The number of alkyl halides is 1. The maximum Gasteiger partial charge on any atom is 0.237 e. The van der Waals surface area contributed by atoms with E-state index in [1.807, 2.05) is 39.0 Å². The normalized spacial score (nSPS) is 18.8. The largest absolute Gasteiger partial charge is 0.376 e. The molecule has 1 aromatic heterocycles. The Morgan fingerprint density at radius 2 is 1.94 bits per heavy atom. The summed E-state index contributed by atoms with van der Waals surface area (Å²) >= 11 is 0. The van der Waals surface area contributed by atoms with E-state index in [4.69, 9.17) is 15.9 Å². The average molecular weight is 456 g/mol. The summed E-state index contributed by atoms with van der Waals surface area (Å²) in [6.07, 6.45) is 6.31. The number of nitrogens with zero attached hydrogens (tertiary/aromatic N) is 3. The van der Waals surface area contributed by atoms with Gasteiger partial charge in [0.1, 0.15) is 12.0 Å². The van der Waals surface area contributed by atoms with Crippen LogP contribution in [0, 0.1) is 11.3 Å². The first-order valence-corrected chi connectivity index (χ1v) is 11.3. The van der Waals surface area contributed by atoms with Crippen molar-refractivity contribution < 1.29 is 13.9 Å². The summed E-state index contributed by atoms with van der Waals surface area (Å²) in [5.74, 6) is -1.39. The van der Waals surface area contributed by atoms with E-state index in [1.165, 1.54) is 20.2 Å². The van der Waals surface area contributed by atoms with E-state index in [0.29, 0.717) is 12.8 Å². The number of carbonyl (C=O) groups is 1. The van der Waals surface area contributed by atoms with Crippen LogP contribution in [0.15, 0.2) is 36.9 Å². The second-order valence-corrected chi connectivity index (χ2v) is 9.74. The number of benzene rings is 1. The van der Waals surface area contributed by atoms with Crippen molar-refractivity contribution in [3.8, 4) is 11.1 Å². The minimum atomic E-state index is -1.68. The summed E-state index contributed by atoms with van der Waals surface area (Å²) in [5, 5.41) is 7.96. The lowest BCUT2D eigenvalue weighted by Crippen LogP contribution is -2.49. The number of amides is 1. The van der Waals surface area contributed by atoms with Gasteiger partial charge in [-0.3, -0.25) is 15.1 Å². The Morgan fingerprint density at radius 3 is 2.52 bits per heavy atom. The number of rotatable bonds is 8. The third kappa shape index (κ3) is 6.13. The number of ether oxygens (including phenoxy) is 1. The van der Waals surface area contributed by atoms with Crippen LogP contribution in [-0.2, 0) is 16.0 Å². The van der Waals surface area contributed by atoms with Crippen LogP contribution in [0.1, 0.15) is 58.1 Å². The van der Waals surface area contributed by atoms with Crippen LogP contribution in [0.5, 0.6) is 0 Å². The van der Waals surface area contributed by atoms with Gasteiger partial charge < -0.3 is 10.5 Å². The SMILES string of the molecule is CC(C)OC(C)CC1Cc2ccc(-c3cncnc3)cc2C1C(=O)N(CC(C)(C)F)C(=N)N. The number of hydrogen-bond donors (Lipinski definition) is 2. The molecule has 1 amide bonds. The molecule has 0 saturated carbocycles. The van der Waals surface area contributed by atoms with Gasteiger partial charge in [-0.05, 0) is 76.1 Å². The first kappa shape index (κ1) is 24.8. The average Bonchev–Trinajstić information content (AvgIpc) is 3.07. The van der Waals surface area contributed by atoms with E-state index in [-0.39, 0.29) is 30.6 Å². The maximum absolute atomic E-state index is 14.5. The second-order valence-electron chi connectivity index (χ2n) is 9.74. The highest BCUT2D eigenvalue weighted by Gasteiger charge is 2.42. The van der Waals surface area contributed by atoms with Crippen molar-refractivity contribution in [2.75, 3.05) is 6.54 Å². The van der Waals surface area contributed by atoms with Crippen molar-refractivity contribution in [2.24, 2.45) is 11.7 Å². The predicted octanol–water partition coefficient (Wildman–Crippen LogP) is 4.07. The lowest BCUT2D eigenvalue weighted by molar-refractivity contribution is -0.131. The van der Waals surface area contributed by atoms with Crippen LogP contribution in [0.4, 0.5) is 4.39 Å². The molecule has 0 radical (unpaired) electrons. The Hall–Kier alpha value is -2.87. The van der Waals surface area contributed by atoms with E-state index in [9.17, 15) is 9.18 Å². The molecule has 0 bridgehead atoms. The molecule has 8 heteroatoms. The van der Waals surface area contributed by atoms with Crippen molar-refractivity contribution >= 4 is 11.9 Å². The number of hydrogen-bond acceptors (Lipinski definition) is 5. The van der Waals surface area contributed by atoms with Gasteiger partial charge in [0.25, 0.3) is 0 Å². The van der Waals surface area contributed by atoms with Crippen LogP contribution in [0.2, 0.25) is 0 Å². The zero-order valence-corrected chi connectivity index (χ0v) is 20.0. The van der Waals surface area contributed by atoms with Crippen LogP contribution in [0.3, 0.4) is 0 Å². The molecule has 3 N–H and O–H groups in total. The summed E-state index contributed by atoms with van der Waals surface area (Å²) < 4.78 is 20.5. The number of nitrogens with one attached hydrogen (secondary N) is 1. The highest BCUT2D eigenvalue weighted by molar-refractivity contribution is 5.99. The Morgan fingerprint density at radius 1 is 1.27 bits per heavy atom. The summed E-state index contributed by atoms with van der Waals surface area (Å²) in [7, 11) is 0. The van der Waals surface area contributed by atoms with E-state index >= 15 is 0 Å². The second kappa shape index (κ2) is 9.95. The van der Waals surface area contributed by atoms with Gasteiger partial charge in [0.15, 0.2) is 5.96 Å². The molecule has 178 valence electrons. The van der Waals surface area contributed by atoms with E-state index in [1.54, 1.807) is 12.4 Å². The molecule has 33 heavy (non-hydrogen) atoms. The number of fused-ring (bicyclic) bond motifs is 1. The fraction of sp³-hybridized carbons (Fsp3) is 0.520. The standard InChI is InChI=1S/C25H34FN5O2/c1-15(2)33-16(3)8-19-9-18-7-6-17(20-11-29-14-30-12-20)10-21(18)22(19)23(32)31(24(27)28)13-25(4,5)26/h6-7,10-12,14-16,19,22H,8-9,13H2,1-5H3,(H3,27,28). The molecular formula is C25H34FN5O2. The molecular weight excluding hydrogens is 421 g/mol. The lowest BCUT2D eigenvalue weighted by Gasteiger charge is -2.31. The van der Waals surface area contributed by atoms with Crippen LogP contribution in [-0.4, -0.2) is 51.2 Å². The molecule has 0 spiro atoms. The minimum Gasteiger partial charge on any atom is -0.376 e. The topological polar surface area (TPSA) is 105 Å². The van der Waals surface area contributed by atoms with Gasteiger partial charge in [0, 0.05) is 18.0 Å². The van der Waals surface area contributed by atoms with Crippen molar-refractivity contribution in [1.82, 2.24) is 14.9 Å². The van der Waals surface area contributed by atoms with E-state index < -0.39 is 17.5 Å². The first-order valence-electron chi connectivity index (χ1n) is 11.3. The van der Waals surface area contributed by atoms with Crippen LogP contribution >= 0.6 is 0 Å². The van der Waals surface area contributed by atoms with Gasteiger partial charge in [-0.15, -0.1) is 0 Å². The van der Waals surface area contributed by atoms with E-state index in [0.717, 1.165) is 27.2 Å². The molecule has 3 unspecified atom stereocenters. The van der Waals surface area contributed by atoms with Gasteiger partial charge in [0.2, 0.25) is 5.91 Å². The zero-order valence-electron chi connectivity index (χ0n) is 20.0. The molecule has 3 atom stereocenters. The minimum absolute atomic E-state index is 0.0481. The fourth-order valence-corrected chi connectivity index (χ4v) is 4.68. The molecule has 3 rings (SSSR count). The molecule has 0 saturated heterocycles. The quantitative estimate of drug-likeness (QED) is 0.461. The van der Waals surface area contributed by atoms with Gasteiger partial charge in [-0.25, -0.2) is 14.4 Å². The third-order valence-electron chi connectivity index (χ3n) is 5.82. The first-order chi connectivity index (χ1) is 15.5. The number of guanidine groups is 1. The molecule has 7 nitrogen and oxygen atoms in total. The van der Waals surface area contributed by atoms with Crippen molar-refractivity contribution in [3.05, 3.63) is 48.0 Å². The fourth-order valence-electron chi connectivity index (χ4n) is 4.68. The smallest absolute Gasteiger partial charge is 0.237 e. The predicted molar refractivity (Wildman–Crippen MR) is 127 cm³/mol. The highest BCUT2D eigenvalue weighted by Crippen LogP contribution is 2.43. The lowest BCUT2D eigenvalue weighted by atomic mass is 9.86.